The molecule has 0 amide bonds. The van der Waals surface area contributed by atoms with E-state index in [1.54, 1.807) is 25.1 Å². The van der Waals surface area contributed by atoms with E-state index in [0.29, 0.717) is 17.3 Å². The minimum absolute atomic E-state index is 0.0217. The van der Waals surface area contributed by atoms with Crippen molar-refractivity contribution in [1.29, 1.82) is 0 Å². The summed E-state index contributed by atoms with van der Waals surface area (Å²) in [5.41, 5.74) is 0.411. The van der Waals surface area contributed by atoms with Crippen molar-refractivity contribution in [2.75, 3.05) is 23.5 Å². The number of sulfonamides is 1. The molecule has 18 heavy (non-hydrogen) atoms. The number of anilines is 1. The van der Waals surface area contributed by atoms with Crippen molar-refractivity contribution in [2.24, 2.45) is 5.92 Å². The molecule has 0 saturated carbocycles. The average Bonchev–Trinajstić information content (AvgIpc) is 2.28. The van der Waals surface area contributed by atoms with Crippen LogP contribution in [0, 0.1) is 5.92 Å². The zero-order valence-corrected chi connectivity index (χ0v) is 13.3. The quantitative estimate of drug-likeness (QED) is 0.797. The normalized spacial score (nSPS) is 13.1. The lowest BCUT2D eigenvalue weighted by molar-refractivity contribution is 0.417. The van der Waals surface area contributed by atoms with Gasteiger partial charge in [0, 0.05) is 10.4 Å². The van der Waals surface area contributed by atoms with Gasteiger partial charge in [-0.25, -0.2) is 8.42 Å². The van der Waals surface area contributed by atoms with E-state index in [2.05, 4.69) is 20.7 Å². The summed E-state index contributed by atoms with van der Waals surface area (Å²) in [6.07, 6.45) is 0. The first kappa shape index (κ1) is 15.6. The molecular formula is C11H15BrClNO3S. The summed E-state index contributed by atoms with van der Waals surface area (Å²) in [6, 6.07) is 5.12. The third-order valence-electron chi connectivity index (χ3n) is 2.19. The Hall–Kier alpha value is -0.460. The van der Waals surface area contributed by atoms with Gasteiger partial charge in [0.25, 0.3) is 0 Å². The Kier molecular flexibility index (Phi) is 5.75. The van der Waals surface area contributed by atoms with Crippen molar-refractivity contribution >= 4 is 43.2 Å². The fourth-order valence-corrected chi connectivity index (χ4v) is 3.43. The van der Waals surface area contributed by atoms with Crippen LogP contribution in [0.4, 0.5) is 5.69 Å². The van der Waals surface area contributed by atoms with Gasteiger partial charge in [-0.05, 0) is 24.1 Å². The standard InChI is InChI=1S/C11H15BrClNO3S/c1-8(6-13)7-18(15,16)14-10-5-9(12)3-4-11(10)17-2/h3-5,8,14H,6-7H2,1-2H3. The number of alkyl halides is 1. The second-order valence-electron chi connectivity index (χ2n) is 3.99. The van der Waals surface area contributed by atoms with Crippen LogP contribution < -0.4 is 9.46 Å². The summed E-state index contributed by atoms with van der Waals surface area (Å²) in [4.78, 5) is 0. The number of rotatable bonds is 6. The third-order valence-corrected chi connectivity index (χ3v) is 4.75. The van der Waals surface area contributed by atoms with Gasteiger partial charge in [-0.1, -0.05) is 22.9 Å². The Morgan fingerprint density at radius 3 is 2.72 bits per heavy atom. The van der Waals surface area contributed by atoms with Gasteiger partial charge in [0.15, 0.2) is 0 Å². The van der Waals surface area contributed by atoms with Crippen LogP contribution >= 0.6 is 27.5 Å². The first-order valence-electron chi connectivity index (χ1n) is 5.28. The van der Waals surface area contributed by atoms with E-state index in [9.17, 15) is 8.42 Å². The third kappa shape index (κ3) is 4.66. The van der Waals surface area contributed by atoms with Crippen LogP contribution in [0.25, 0.3) is 0 Å². The average molecular weight is 357 g/mol. The maximum Gasteiger partial charge on any atom is 0.233 e. The maximum atomic E-state index is 11.9. The first-order chi connectivity index (χ1) is 8.38. The van der Waals surface area contributed by atoms with Crippen molar-refractivity contribution < 1.29 is 13.2 Å². The first-order valence-corrected chi connectivity index (χ1v) is 8.26. The summed E-state index contributed by atoms with van der Waals surface area (Å²) >= 11 is 8.91. The molecule has 7 heteroatoms. The molecule has 0 saturated heterocycles. The van der Waals surface area contributed by atoms with Gasteiger partial charge in [-0.2, -0.15) is 0 Å². The largest absolute Gasteiger partial charge is 0.495 e. The molecule has 1 aromatic carbocycles. The van der Waals surface area contributed by atoms with E-state index in [0.717, 1.165) is 4.47 Å². The van der Waals surface area contributed by atoms with Crippen molar-refractivity contribution in [3.05, 3.63) is 22.7 Å². The topological polar surface area (TPSA) is 55.4 Å². The van der Waals surface area contributed by atoms with E-state index >= 15 is 0 Å². The van der Waals surface area contributed by atoms with Crippen molar-refractivity contribution in [3.8, 4) is 5.75 Å². The van der Waals surface area contributed by atoms with Crippen LogP contribution in [0.5, 0.6) is 5.75 Å². The summed E-state index contributed by atoms with van der Waals surface area (Å²) in [7, 11) is -1.94. The Labute approximate surface area is 121 Å². The molecule has 0 aromatic heterocycles. The van der Waals surface area contributed by atoms with Crippen LogP contribution in [0.15, 0.2) is 22.7 Å². The molecule has 0 spiro atoms. The SMILES string of the molecule is COc1ccc(Br)cc1NS(=O)(=O)CC(C)CCl. The molecule has 1 atom stereocenters. The second kappa shape index (κ2) is 6.63. The highest BCUT2D eigenvalue weighted by Crippen LogP contribution is 2.29. The van der Waals surface area contributed by atoms with Gasteiger partial charge >= 0.3 is 0 Å². The Balaban J connectivity index is 2.93. The molecule has 1 N–H and O–H groups in total. The number of ether oxygens (including phenoxy) is 1. The number of benzene rings is 1. The molecule has 0 fully saturated rings. The molecule has 1 unspecified atom stereocenters. The van der Waals surface area contributed by atoms with Crippen molar-refractivity contribution in [1.82, 2.24) is 0 Å². The van der Waals surface area contributed by atoms with Crippen LogP contribution in [0.3, 0.4) is 0 Å². The summed E-state index contributed by atoms with van der Waals surface area (Å²) in [6.45, 7) is 1.78. The van der Waals surface area contributed by atoms with Crippen molar-refractivity contribution in [2.45, 2.75) is 6.92 Å². The van der Waals surface area contributed by atoms with Gasteiger partial charge in [0.2, 0.25) is 10.0 Å². The molecule has 0 bridgehead atoms. The summed E-state index contributed by atoms with van der Waals surface area (Å²) in [5, 5.41) is 0. The van der Waals surface area contributed by atoms with E-state index in [-0.39, 0.29) is 11.7 Å². The highest BCUT2D eigenvalue weighted by atomic mass is 79.9. The zero-order chi connectivity index (χ0) is 13.8. The molecule has 0 aliphatic heterocycles. The van der Waals surface area contributed by atoms with Gasteiger partial charge in [0.05, 0.1) is 18.6 Å². The molecular weight excluding hydrogens is 342 g/mol. The number of nitrogens with one attached hydrogen (secondary N) is 1. The van der Waals surface area contributed by atoms with E-state index in [1.807, 2.05) is 0 Å². The minimum atomic E-state index is -3.43. The molecule has 1 rings (SSSR count). The summed E-state index contributed by atoms with van der Waals surface area (Å²) < 4.78 is 32.2. The Morgan fingerprint density at radius 1 is 1.50 bits per heavy atom. The Bertz CT molecular complexity index is 507. The molecule has 0 aliphatic rings. The van der Waals surface area contributed by atoms with Gasteiger partial charge in [0.1, 0.15) is 5.75 Å². The number of methoxy groups -OCH3 is 1. The highest BCUT2D eigenvalue weighted by Gasteiger charge is 2.17. The Morgan fingerprint density at radius 2 is 2.17 bits per heavy atom. The van der Waals surface area contributed by atoms with Crippen LogP contribution in [-0.2, 0) is 10.0 Å². The fraction of sp³-hybridized carbons (Fsp3) is 0.455. The highest BCUT2D eigenvalue weighted by molar-refractivity contribution is 9.10. The fourth-order valence-electron chi connectivity index (χ4n) is 1.39. The van der Waals surface area contributed by atoms with Crippen LogP contribution in [0.2, 0.25) is 0 Å². The number of halogens is 2. The zero-order valence-electron chi connectivity index (χ0n) is 10.1. The smallest absolute Gasteiger partial charge is 0.233 e. The number of hydrogen-bond donors (Lipinski definition) is 1. The number of hydrogen-bond acceptors (Lipinski definition) is 3. The maximum absolute atomic E-state index is 11.9. The minimum Gasteiger partial charge on any atom is -0.495 e. The van der Waals surface area contributed by atoms with E-state index < -0.39 is 10.0 Å². The van der Waals surface area contributed by atoms with Crippen LogP contribution in [0.1, 0.15) is 6.92 Å². The molecule has 0 heterocycles. The van der Waals surface area contributed by atoms with Gasteiger partial charge in [-0.3, -0.25) is 4.72 Å². The van der Waals surface area contributed by atoms with E-state index in [4.69, 9.17) is 16.3 Å². The monoisotopic (exact) mass is 355 g/mol. The molecule has 1 aromatic rings. The van der Waals surface area contributed by atoms with E-state index in [1.165, 1.54) is 7.11 Å². The van der Waals surface area contributed by atoms with Crippen LogP contribution in [-0.4, -0.2) is 27.2 Å². The molecule has 4 nitrogen and oxygen atoms in total. The predicted molar refractivity (Wildman–Crippen MR) is 78.0 cm³/mol. The van der Waals surface area contributed by atoms with Gasteiger partial charge < -0.3 is 4.74 Å². The predicted octanol–water partition coefficient (Wildman–Crippen LogP) is 3.07. The lowest BCUT2D eigenvalue weighted by atomic mass is 10.3. The van der Waals surface area contributed by atoms with Crippen molar-refractivity contribution in [3.63, 3.8) is 0 Å². The van der Waals surface area contributed by atoms with Gasteiger partial charge in [-0.15, -0.1) is 11.6 Å². The molecule has 102 valence electrons. The lowest BCUT2D eigenvalue weighted by Gasteiger charge is -2.14. The molecule has 0 aliphatic carbocycles. The lowest BCUT2D eigenvalue weighted by Crippen LogP contribution is -2.22. The second-order valence-corrected chi connectivity index (χ2v) is 6.98. The summed E-state index contributed by atoms with van der Waals surface area (Å²) in [5.74, 6) is 0.644. The molecule has 0 radical (unpaired) electrons.